The predicted molar refractivity (Wildman–Crippen MR) is 94.8 cm³/mol. The van der Waals surface area contributed by atoms with Gasteiger partial charge in [0.25, 0.3) is 0 Å². The number of hydrogen-bond acceptors (Lipinski definition) is 1. The number of benzene rings is 2. The minimum atomic E-state index is 0.0831. The van der Waals surface area contributed by atoms with Gasteiger partial charge < -0.3 is 10.3 Å². The molecule has 0 radical (unpaired) electrons. The molecule has 1 aromatic heterocycles. The van der Waals surface area contributed by atoms with Gasteiger partial charge in [0.1, 0.15) is 0 Å². The summed E-state index contributed by atoms with van der Waals surface area (Å²) in [5, 5.41) is 4.93. The van der Waals surface area contributed by atoms with Crippen LogP contribution >= 0.6 is 11.6 Å². The highest BCUT2D eigenvalue weighted by atomic mass is 35.5. The molecule has 1 amide bonds. The first kappa shape index (κ1) is 15.6. The van der Waals surface area contributed by atoms with Crippen molar-refractivity contribution in [3.05, 3.63) is 70.9 Å². The van der Waals surface area contributed by atoms with E-state index in [2.05, 4.69) is 22.4 Å². The maximum Gasteiger partial charge on any atom is 0.220 e. The molecule has 0 saturated carbocycles. The maximum atomic E-state index is 11.9. The highest BCUT2D eigenvalue weighted by Crippen LogP contribution is 2.17. The second-order valence-electron chi connectivity index (χ2n) is 5.59. The summed E-state index contributed by atoms with van der Waals surface area (Å²) in [7, 11) is 0. The maximum absolute atomic E-state index is 11.9. The second-order valence-corrected chi connectivity index (χ2v) is 6.02. The average Bonchev–Trinajstić information content (AvgIpc) is 2.98. The van der Waals surface area contributed by atoms with E-state index in [-0.39, 0.29) is 5.91 Å². The summed E-state index contributed by atoms with van der Waals surface area (Å²) in [6.45, 7) is 0.654. The summed E-state index contributed by atoms with van der Waals surface area (Å²) in [6, 6.07) is 15.8. The summed E-state index contributed by atoms with van der Waals surface area (Å²) < 4.78 is 0. The third-order valence-corrected chi connectivity index (χ3v) is 4.20. The first-order valence-corrected chi connectivity index (χ1v) is 8.16. The van der Waals surface area contributed by atoms with E-state index in [1.54, 1.807) is 0 Å². The number of aromatic nitrogens is 1. The van der Waals surface area contributed by atoms with E-state index < -0.39 is 0 Å². The minimum absolute atomic E-state index is 0.0831. The van der Waals surface area contributed by atoms with Crippen LogP contribution in [-0.2, 0) is 17.6 Å². The fourth-order valence-electron chi connectivity index (χ4n) is 2.67. The van der Waals surface area contributed by atoms with Gasteiger partial charge in [-0.2, -0.15) is 0 Å². The van der Waals surface area contributed by atoms with Crippen molar-refractivity contribution in [1.29, 1.82) is 0 Å². The molecule has 3 rings (SSSR count). The molecule has 0 saturated heterocycles. The molecule has 0 atom stereocenters. The normalized spacial score (nSPS) is 10.8. The molecule has 3 aromatic rings. The van der Waals surface area contributed by atoms with Crippen molar-refractivity contribution in [2.45, 2.75) is 19.3 Å². The van der Waals surface area contributed by atoms with Gasteiger partial charge in [0.15, 0.2) is 0 Å². The Morgan fingerprint density at radius 2 is 1.83 bits per heavy atom. The smallest absolute Gasteiger partial charge is 0.220 e. The topological polar surface area (TPSA) is 44.9 Å². The van der Waals surface area contributed by atoms with Crippen molar-refractivity contribution >= 4 is 28.4 Å². The van der Waals surface area contributed by atoms with Gasteiger partial charge in [-0.25, -0.2) is 0 Å². The molecule has 0 bridgehead atoms. The van der Waals surface area contributed by atoms with Gasteiger partial charge in [0.2, 0.25) is 5.91 Å². The lowest BCUT2D eigenvalue weighted by Gasteiger charge is -2.05. The molecule has 4 heteroatoms. The van der Waals surface area contributed by atoms with E-state index in [0.29, 0.717) is 13.0 Å². The van der Waals surface area contributed by atoms with E-state index in [9.17, 15) is 4.79 Å². The fourth-order valence-corrected chi connectivity index (χ4v) is 2.80. The van der Waals surface area contributed by atoms with Gasteiger partial charge in [0.05, 0.1) is 0 Å². The van der Waals surface area contributed by atoms with Crippen molar-refractivity contribution in [2.75, 3.05) is 6.54 Å². The number of halogens is 1. The summed E-state index contributed by atoms with van der Waals surface area (Å²) in [5.74, 6) is 0.0831. The van der Waals surface area contributed by atoms with Gasteiger partial charge in [-0.05, 0) is 42.2 Å². The van der Waals surface area contributed by atoms with Crippen molar-refractivity contribution in [2.24, 2.45) is 0 Å². The largest absolute Gasteiger partial charge is 0.361 e. The van der Waals surface area contributed by atoms with Gasteiger partial charge >= 0.3 is 0 Å². The molecule has 0 unspecified atom stereocenters. The van der Waals surface area contributed by atoms with Crippen LogP contribution in [0, 0.1) is 0 Å². The van der Waals surface area contributed by atoms with E-state index in [0.717, 1.165) is 28.9 Å². The number of fused-ring (bicyclic) bond motifs is 1. The molecular weight excluding hydrogens is 308 g/mol. The highest BCUT2D eigenvalue weighted by molar-refractivity contribution is 6.30. The van der Waals surface area contributed by atoms with E-state index in [1.807, 2.05) is 42.6 Å². The standard InChI is InChI=1S/C19H19ClN2O/c20-16-8-5-14(6-9-16)7-10-19(23)21-12-11-15-13-22-18-4-2-1-3-17(15)18/h1-6,8-9,13,22H,7,10-12H2,(H,21,23). The van der Waals surface area contributed by atoms with Crippen LogP contribution in [0.4, 0.5) is 0 Å². The van der Waals surface area contributed by atoms with E-state index >= 15 is 0 Å². The second kappa shape index (κ2) is 7.34. The Kier molecular flexibility index (Phi) is 4.99. The van der Waals surface area contributed by atoms with Crippen LogP contribution in [0.1, 0.15) is 17.5 Å². The summed E-state index contributed by atoms with van der Waals surface area (Å²) in [6.07, 6.45) is 4.08. The quantitative estimate of drug-likeness (QED) is 0.703. The number of amides is 1. The van der Waals surface area contributed by atoms with Gasteiger partial charge in [-0.1, -0.05) is 41.9 Å². The number of hydrogen-bond donors (Lipinski definition) is 2. The molecule has 0 fully saturated rings. The van der Waals surface area contributed by atoms with Crippen molar-refractivity contribution in [3.63, 3.8) is 0 Å². The summed E-state index contributed by atoms with van der Waals surface area (Å²) in [5.41, 5.74) is 3.50. The van der Waals surface area contributed by atoms with E-state index in [4.69, 9.17) is 11.6 Å². The zero-order valence-electron chi connectivity index (χ0n) is 12.8. The van der Waals surface area contributed by atoms with Crippen molar-refractivity contribution in [3.8, 4) is 0 Å². The van der Waals surface area contributed by atoms with Crippen LogP contribution in [0.15, 0.2) is 54.7 Å². The number of H-pyrrole nitrogens is 1. The zero-order chi connectivity index (χ0) is 16.1. The monoisotopic (exact) mass is 326 g/mol. The molecule has 0 aliphatic carbocycles. The van der Waals surface area contributed by atoms with Crippen molar-refractivity contribution < 1.29 is 4.79 Å². The Labute approximate surface area is 140 Å². The van der Waals surface area contributed by atoms with Crippen molar-refractivity contribution in [1.82, 2.24) is 10.3 Å². The average molecular weight is 327 g/mol. The number of para-hydroxylation sites is 1. The Bertz CT molecular complexity index is 792. The molecule has 23 heavy (non-hydrogen) atoms. The molecule has 2 aromatic carbocycles. The minimum Gasteiger partial charge on any atom is -0.361 e. The van der Waals surface area contributed by atoms with Gasteiger partial charge in [-0.15, -0.1) is 0 Å². The predicted octanol–water partition coefficient (Wildman–Crippen LogP) is 4.11. The number of aromatic amines is 1. The first-order chi connectivity index (χ1) is 11.2. The Morgan fingerprint density at radius 1 is 1.04 bits per heavy atom. The number of carbonyl (C=O) groups is 1. The summed E-state index contributed by atoms with van der Waals surface area (Å²) >= 11 is 5.85. The Hall–Kier alpha value is -2.26. The van der Waals surface area contributed by atoms with Crippen LogP contribution in [0.2, 0.25) is 5.02 Å². The molecule has 2 N–H and O–H groups in total. The number of rotatable bonds is 6. The van der Waals surface area contributed by atoms with Crippen LogP contribution in [0.5, 0.6) is 0 Å². The van der Waals surface area contributed by atoms with Crippen LogP contribution in [0.25, 0.3) is 10.9 Å². The Balaban J connectivity index is 1.45. The molecular formula is C19H19ClN2O. The van der Waals surface area contributed by atoms with Crippen LogP contribution in [0.3, 0.4) is 0 Å². The molecule has 1 heterocycles. The lowest BCUT2D eigenvalue weighted by molar-refractivity contribution is -0.121. The molecule has 0 aliphatic heterocycles. The number of carbonyl (C=O) groups excluding carboxylic acids is 1. The molecule has 3 nitrogen and oxygen atoms in total. The Morgan fingerprint density at radius 3 is 2.65 bits per heavy atom. The lowest BCUT2D eigenvalue weighted by atomic mass is 10.1. The fraction of sp³-hybridized carbons (Fsp3) is 0.211. The zero-order valence-corrected chi connectivity index (χ0v) is 13.6. The van der Waals surface area contributed by atoms with E-state index in [1.165, 1.54) is 10.9 Å². The van der Waals surface area contributed by atoms with Gasteiger partial charge in [-0.3, -0.25) is 4.79 Å². The van der Waals surface area contributed by atoms with Gasteiger partial charge in [0, 0.05) is 35.1 Å². The summed E-state index contributed by atoms with van der Waals surface area (Å²) in [4.78, 5) is 15.2. The lowest BCUT2D eigenvalue weighted by Crippen LogP contribution is -2.25. The number of aryl methyl sites for hydroxylation is 1. The SMILES string of the molecule is O=C(CCc1ccc(Cl)cc1)NCCc1c[nH]c2ccccc12. The molecule has 118 valence electrons. The first-order valence-electron chi connectivity index (χ1n) is 7.78. The van der Waals surface area contributed by atoms with Crippen LogP contribution in [-0.4, -0.2) is 17.4 Å². The molecule has 0 aliphatic rings. The van der Waals surface area contributed by atoms with Crippen LogP contribution < -0.4 is 5.32 Å². The third-order valence-electron chi connectivity index (χ3n) is 3.95. The number of nitrogens with one attached hydrogen (secondary N) is 2. The third kappa shape index (κ3) is 4.14. The molecule has 0 spiro atoms. The highest BCUT2D eigenvalue weighted by Gasteiger charge is 2.05.